The summed E-state index contributed by atoms with van der Waals surface area (Å²) in [5, 5.41) is 5.81. The molecule has 172 valence electrons. The quantitative estimate of drug-likeness (QED) is 0.462. The first-order chi connectivity index (χ1) is 15.5. The highest BCUT2D eigenvalue weighted by molar-refractivity contribution is 7.92. The van der Waals surface area contributed by atoms with Crippen LogP contribution in [0.15, 0.2) is 66.7 Å². The fourth-order valence-electron chi connectivity index (χ4n) is 3.07. The van der Waals surface area contributed by atoms with Gasteiger partial charge in [-0.2, -0.15) is 0 Å². The molecule has 0 heterocycles. The van der Waals surface area contributed by atoms with Crippen molar-refractivity contribution < 1.29 is 18.0 Å². The molecule has 0 atom stereocenters. The van der Waals surface area contributed by atoms with Crippen LogP contribution in [0.25, 0.3) is 0 Å². The number of nitrogens with one attached hydrogen (secondary N) is 2. The van der Waals surface area contributed by atoms with E-state index in [0.29, 0.717) is 22.5 Å². The van der Waals surface area contributed by atoms with Gasteiger partial charge in [0.15, 0.2) is 0 Å². The van der Waals surface area contributed by atoms with Gasteiger partial charge in [-0.05, 0) is 48.0 Å². The van der Waals surface area contributed by atoms with Crippen molar-refractivity contribution in [3.8, 4) is 0 Å². The predicted octanol–water partition coefficient (Wildman–Crippen LogP) is 5.17. The third-order valence-corrected chi connectivity index (χ3v) is 6.52. The van der Waals surface area contributed by atoms with Gasteiger partial charge in [0.05, 0.1) is 28.5 Å². The van der Waals surface area contributed by atoms with Gasteiger partial charge in [-0.1, -0.05) is 47.5 Å². The lowest BCUT2D eigenvalue weighted by Crippen LogP contribution is -2.29. The molecule has 0 fully saturated rings. The Morgan fingerprint density at radius 1 is 0.909 bits per heavy atom. The monoisotopic (exact) mass is 505 g/mol. The van der Waals surface area contributed by atoms with Crippen LogP contribution in [-0.4, -0.2) is 26.5 Å². The maximum absolute atomic E-state index is 12.6. The molecule has 3 aromatic rings. The zero-order valence-corrected chi connectivity index (χ0v) is 20.1. The standard InChI is InChI=1S/C23H21Cl2N3O4S/c1-15(29)26-18-5-3-6-19(13-18)27-23(30)17-11-9-16(10-12-17)14-28(33(2,31)32)21-8-4-7-20(24)22(21)25/h3-13H,14H2,1-2H3,(H,26,29)(H,27,30). The van der Waals surface area contributed by atoms with Crippen molar-refractivity contribution in [2.24, 2.45) is 0 Å². The van der Waals surface area contributed by atoms with Crippen LogP contribution in [0.2, 0.25) is 10.0 Å². The summed E-state index contributed by atoms with van der Waals surface area (Å²) in [5.74, 6) is -0.560. The minimum Gasteiger partial charge on any atom is -0.326 e. The van der Waals surface area contributed by atoms with E-state index < -0.39 is 10.0 Å². The van der Waals surface area contributed by atoms with Gasteiger partial charge >= 0.3 is 0 Å². The van der Waals surface area contributed by atoms with E-state index in [1.54, 1.807) is 66.7 Å². The SMILES string of the molecule is CC(=O)Nc1cccc(NC(=O)c2ccc(CN(c3cccc(Cl)c3Cl)S(C)(=O)=O)cc2)c1. The average molecular weight is 506 g/mol. The molecule has 0 unspecified atom stereocenters. The van der Waals surface area contributed by atoms with Crippen LogP contribution in [0.5, 0.6) is 0 Å². The lowest BCUT2D eigenvalue weighted by atomic mass is 10.1. The van der Waals surface area contributed by atoms with Gasteiger partial charge < -0.3 is 10.6 Å². The van der Waals surface area contributed by atoms with Gasteiger partial charge in [0, 0.05) is 23.9 Å². The van der Waals surface area contributed by atoms with E-state index in [2.05, 4.69) is 10.6 Å². The second kappa shape index (κ2) is 10.2. The Balaban J connectivity index is 1.77. The van der Waals surface area contributed by atoms with Crippen LogP contribution in [-0.2, 0) is 21.4 Å². The molecule has 3 rings (SSSR count). The Hall–Kier alpha value is -3.07. The first-order valence-electron chi connectivity index (χ1n) is 9.74. The maximum atomic E-state index is 12.6. The molecule has 0 aliphatic heterocycles. The molecule has 0 radical (unpaired) electrons. The highest BCUT2D eigenvalue weighted by atomic mass is 35.5. The highest BCUT2D eigenvalue weighted by Gasteiger charge is 2.21. The van der Waals surface area contributed by atoms with Crippen molar-refractivity contribution in [1.29, 1.82) is 0 Å². The molecule has 2 N–H and O–H groups in total. The number of sulfonamides is 1. The molecule has 0 aliphatic carbocycles. The summed E-state index contributed by atoms with van der Waals surface area (Å²) >= 11 is 12.3. The van der Waals surface area contributed by atoms with E-state index in [-0.39, 0.29) is 34.1 Å². The molecule has 7 nitrogen and oxygen atoms in total. The van der Waals surface area contributed by atoms with E-state index in [4.69, 9.17) is 23.2 Å². The lowest BCUT2D eigenvalue weighted by molar-refractivity contribution is -0.114. The molecule has 0 aliphatic rings. The van der Waals surface area contributed by atoms with Gasteiger partial charge in [-0.15, -0.1) is 0 Å². The molecule has 3 aromatic carbocycles. The number of hydrogen-bond acceptors (Lipinski definition) is 4. The summed E-state index contributed by atoms with van der Waals surface area (Å²) in [6.07, 6.45) is 1.08. The fraction of sp³-hybridized carbons (Fsp3) is 0.130. The molecule has 0 saturated carbocycles. The van der Waals surface area contributed by atoms with E-state index in [9.17, 15) is 18.0 Å². The normalized spacial score (nSPS) is 11.0. The van der Waals surface area contributed by atoms with Gasteiger partial charge in [0.1, 0.15) is 0 Å². The maximum Gasteiger partial charge on any atom is 0.255 e. The zero-order valence-electron chi connectivity index (χ0n) is 17.8. The number of anilines is 3. The molecule has 33 heavy (non-hydrogen) atoms. The van der Waals surface area contributed by atoms with Gasteiger partial charge in [0.25, 0.3) is 5.91 Å². The van der Waals surface area contributed by atoms with Crippen molar-refractivity contribution in [3.63, 3.8) is 0 Å². The predicted molar refractivity (Wildman–Crippen MR) is 133 cm³/mol. The van der Waals surface area contributed by atoms with Crippen LogP contribution in [0, 0.1) is 0 Å². The summed E-state index contributed by atoms with van der Waals surface area (Å²) < 4.78 is 26.0. The lowest BCUT2D eigenvalue weighted by Gasteiger charge is -2.24. The van der Waals surface area contributed by atoms with E-state index in [1.165, 1.54) is 6.92 Å². The van der Waals surface area contributed by atoms with Crippen LogP contribution in [0.4, 0.5) is 17.1 Å². The number of hydrogen-bond donors (Lipinski definition) is 2. The topological polar surface area (TPSA) is 95.6 Å². The molecule has 0 spiro atoms. The first-order valence-corrected chi connectivity index (χ1v) is 12.3. The molecule has 0 aromatic heterocycles. The number of amides is 2. The minimum atomic E-state index is -3.65. The summed E-state index contributed by atoms with van der Waals surface area (Å²) in [6.45, 7) is 1.41. The number of halogens is 2. The Bertz CT molecular complexity index is 1300. The van der Waals surface area contributed by atoms with Gasteiger partial charge in [0.2, 0.25) is 15.9 Å². The summed E-state index contributed by atoms with van der Waals surface area (Å²) in [7, 11) is -3.65. The minimum absolute atomic E-state index is 0.0134. The second-order valence-electron chi connectivity index (χ2n) is 7.26. The molecular formula is C23H21Cl2N3O4S. The highest BCUT2D eigenvalue weighted by Crippen LogP contribution is 2.34. The van der Waals surface area contributed by atoms with Crippen molar-refractivity contribution in [3.05, 3.63) is 87.9 Å². The number of nitrogens with zero attached hydrogens (tertiary/aromatic N) is 1. The van der Waals surface area contributed by atoms with Crippen molar-refractivity contribution in [2.75, 3.05) is 21.2 Å². The Kier molecular flexibility index (Phi) is 7.63. The fourth-order valence-corrected chi connectivity index (χ4v) is 4.42. The van der Waals surface area contributed by atoms with Crippen molar-refractivity contribution in [2.45, 2.75) is 13.5 Å². The zero-order chi connectivity index (χ0) is 24.2. The van der Waals surface area contributed by atoms with Crippen LogP contribution >= 0.6 is 23.2 Å². The second-order valence-corrected chi connectivity index (χ2v) is 9.95. The van der Waals surface area contributed by atoms with E-state index in [0.717, 1.165) is 10.6 Å². The van der Waals surface area contributed by atoms with Crippen molar-refractivity contribution in [1.82, 2.24) is 0 Å². The van der Waals surface area contributed by atoms with Crippen LogP contribution in [0.1, 0.15) is 22.8 Å². The number of carbonyl (C=O) groups is 2. The molecule has 10 heteroatoms. The van der Waals surface area contributed by atoms with Crippen LogP contribution < -0.4 is 14.9 Å². The molecule has 0 bridgehead atoms. The summed E-state index contributed by atoms with van der Waals surface area (Å²) in [4.78, 5) is 23.8. The summed E-state index contributed by atoms with van der Waals surface area (Å²) in [5.41, 5.74) is 2.40. The molecular weight excluding hydrogens is 485 g/mol. The Morgan fingerprint density at radius 2 is 1.52 bits per heavy atom. The number of carbonyl (C=O) groups excluding carboxylic acids is 2. The third kappa shape index (κ3) is 6.47. The van der Waals surface area contributed by atoms with Gasteiger partial charge in [-0.25, -0.2) is 8.42 Å². The Labute approximate surface area is 202 Å². The van der Waals surface area contributed by atoms with Crippen molar-refractivity contribution >= 4 is 62.1 Å². The third-order valence-electron chi connectivity index (χ3n) is 4.58. The summed E-state index contributed by atoms with van der Waals surface area (Å²) in [6, 6.07) is 18.1. The molecule has 2 amide bonds. The largest absolute Gasteiger partial charge is 0.326 e. The molecule has 0 saturated heterocycles. The van der Waals surface area contributed by atoms with Crippen LogP contribution in [0.3, 0.4) is 0 Å². The number of benzene rings is 3. The smallest absolute Gasteiger partial charge is 0.255 e. The average Bonchev–Trinajstić information content (AvgIpc) is 2.74. The van der Waals surface area contributed by atoms with E-state index >= 15 is 0 Å². The number of rotatable bonds is 7. The van der Waals surface area contributed by atoms with Gasteiger partial charge in [-0.3, -0.25) is 13.9 Å². The van der Waals surface area contributed by atoms with E-state index in [1.807, 2.05) is 0 Å². The Morgan fingerprint density at radius 3 is 2.12 bits per heavy atom. The first kappa shape index (κ1) is 24.6.